The zero-order chi connectivity index (χ0) is 16.8. The predicted molar refractivity (Wildman–Crippen MR) is 98.2 cm³/mol. The first-order valence-corrected chi connectivity index (χ1v) is 8.16. The molecule has 0 fully saturated rings. The van der Waals surface area contributed by atoms with Crippen molar-refractivity contribution >= 4 is 22.1 Å². The average Bonchev–Trinajstić information content (AvgIpc) is 3.22. The summed E-state index contributed by atoms with van der Waals surface area (Å²) in [5.41, 5.74) is 4.52. The topological polar surface area (TPSA) is 48.5 Å². The zero-order valence-electron chi connectivity index (χ0n) is 13.7. The number of fused-ring (bicyclic) bond motifs is 2. The number of nitrogens with zero attached hydrogens (tertiary/aromatic N) is 5. The van der Waals surface area contributed by atoms with E-state index in [9.17, 15) is 0 Å². The Morgan fingerprint density at radius 1 is 0.800 bits per heavy atom. The van der Waals surface area contributed by atoms with Crippen LogP contribution in [0, 0.1) is 6.92 Å². The van der Waals surface area contributed by atoms with Crippen molar-refractivity contribution in [1.29, 1.82) is 0 Å². The van der Waals surface area contributed by atoms with Crippen LogP contribution < -0.4 is 0 Å². The molecule has 25 heavy (non-hydrogen) atoms. The Morgan fingerprint density at radius 2 is 1.48 bits per heavy atom. The van der Waals surface area contributed by atoms with Crippen molar-refractivity contribution in [3.63, 3.8) is 0 Å². The van der Waals surface area contributed by atoms with Crippen LogP contribution in [-0.4, -0.2) is 24.5 Å². The highest BCUT2D eigenvalue weighted by Gasteiger charge is 2.14. The largest absolute Gasteiger partial charge is 0.238 e. The minimum Gasteiger partial charge on any atom is -0.238 e. The molecule has 5 heteroatoms. The molecular weight excluding hydrogens is 310 g/mol. The van der Waals surface area contributed by atoms with Crippen LogP contribution in [0.1, 0.15) is 5.69 Å². The van der Waals surface area contributed by atoms with Gasteiger partial charge in [-0.2, -0.15) is 5.10 Å². The van der Waals surface area contributed by atoms with Crippen LogP contribution in [-0.2, 0) is 0 Å². The molecule has 120 valence electrons. The summed E-state index contributed by atoms with van der Waals surface area (Å²) in [5, 5.41) is 11.4. The lowest BCUT2D eigenvalue weighted by atomic mass is 10.2. The second-order valence-electron chi connectivity index (χ2n) is 6.01. The van der Waals surface area contributed by atoms with Gasteiger partial charge in [-0.05, 0) is 37.3 Å². The van der Waals surface area contributed by atoms with Gasteiger partial charge in [0, 0.05) is 17.0 Å². The summed E-state index contributed by atoms with van der Waals surface area (Å²) in [7, 11) is 0. The number of hydrogen-bond donors (Lipinski definition) is 0. The number of aryl methyl sites for hydroxylation is 1. The average molecular weight is 325 g/mol. The van der Waals surface area contributed by atoms with Crippen LogP contribution in [0.3, 0.4) is 0 Å². The fourth-order valence-corrected chi connectivity index (χ4v) is 3.09. The smallest absolute Gasteiger partial charge is 0.183 e. The van der Waals surface area contributed by atoms with Crippen molar-refractivity contribution in [2.75, 3.05) is 0 Å². The molecule has 3 heterocycles. The van der Waals surface area contributed by atoms with Crippen molar-refractivity contribution in [2.45, 2.75) is 6.92 Å². The maximum absolute atomic E-state index is 4.79. The molecule has 0 saturated carbocycles. The van der Waals surface area contributed by atoms with Crippen LogP contribution in [0.5, 0.6) is 0 Å². The van der Waals surface area contributed by atoms with E-state index in [2.05, 4.69) is 16.3 Å². The number of hydrogen-bond acceptors (Lipinski definition) is 3. The first kappa shape index (κ1) is 13.9. The Morgan fingerprint density at radius 3 is 2.20 bits per heavy atom. The van der Waals surface area contributed by atoms with E-state index in [0.717, 1.165) is 33.5 Å². The van der Waals surface area contributed by atoms with E-state index in [4.69, 9.17) is 4.98 Å². The van der Waals surface area contributed by atoms with Crippen molar-refractivity contribution in [2.24, 2.45) is 0 Å². The SMILES string of the molecule is Cc1nn(-c2ccccc2)c2nc3nn(-c4ccccc4)cc3cc12. The molecule has 0 aliphatic rings. The van der Waals surface area contributed by atoms with E-state index in [1.165, 1.54) is 0 Å². The number of para-hydroxylation sites is 2. The minimum absolute atomic E-state index is 0.716. The zero-order valence-corrected chi connectivity index (χ0v) is 13.7. The Hall–Kier alpha value is -3.47. The molecule has 0 N–H and O–H groups in total. The highest BCUT2D eigenvalue weighted by molar-refractivity contribution is 5.91. The molecule has 0 radical (unpaired) electrons. The van der Waals surface area contributed by atoms with Crippen molar-refractivity contribution in [3.8, 4) is 11.4 Å². The van der Waals surface area contributed by atoms with Gasteiger partial charge in [0.2, 0.25) is 0 Å². The molecule has 5 rings (SSSR count). The van der Waals surface area contributed by atoms with Crippen LogP contribution in [0.4, 0.5) is 0 Å². The standard InChI is InChI=1S/C20H15N5/c1-14-18-12-15-13-24(16-8-4-2-5-9-16)23-19(15)21-20(18)25(22-14)17-10-6-3-7-11-17/h2-13H,1H3. The molecule has 5 aromatic rings. The van der Waals surface area contributed by atoms with Crippen LogP contribution >= 0.6 is 0 Å². The fraction of sp³-hybridized carbons (Fsp3) is 0.0500. The maximum atomic E-state index is 4.79. The molecule has 0 amide bonds. The Kier molecular flexibility index (Phi) is 2.94. The van der Waals surface area contributed by atoms with Crippen molar-refractivity contribution < 1.29 is 0 Å². The number of aromatic nitrogens is 5. The molecule has 0 bridgehead atoms. The van der Waals surface area contributed by atoms with Gasteiger partial charge in [-0.25, -0.2) is 14.3 Å². The lowest BCUT2D eigenvalue weighted by molar-refractivity contribution is 0.871. The van der Waals surface area contributed by atoms with E-state index in [1.54, 1.807) is 0 Å². The third-order valence-electron chi connectivity index (χ3n) is 4.34. The summed E-state index contributed by atoms with van der Waals surface area (Å²) < 4.78 is 3.75. The Balaban J connectivity index is 1.75. The first-order chi connectivity index (χ1) is 12.3. The van der Waals surface area contributed by atoms with Crippen LogP contribution in [0.2, 0.25) is 0 Å². The molecule has 0 atom stereocenters. The summed E-state index contributed by atoms with van der Waals surface area (Å²) in [6.45, 7) is 2.01. The van der Waals surface area contributed by atoms with E-state index < -0.39 is 0 Å². The summed E-state index contributed by atoms with van der Waals surface area (Å²) in [6.07, 6.45) is 2.01. The lowest BCUT2D eigenvalue weighted by Gasteiger charge is -2.01. The van der Waals surface area contributed by atoms with Crippen molar-refractivity contribution in [1.82, 2.24) is 24.5 Å². The normalized spacial score (nSPS) is 11.4. The van der Waals surface area contributed by atoms with Gasteiger partial charge in [-0.1, -0.05) is 36.4 Å². The summed E-state index contributed by atoms with van der Waals surface area (Å²) >= 11 is 0. The molecule has 0 aliphatic heterocycles. The van der Waals surface area contributed by atoms with Crippen molar-refractivity contribution in [3.05, 3.63) is 78.6 Å². The van der Waals surface area contributed by atoms with E-state index in [0.29, 0.717) is 5.65 Å². The molecule has 0 unspecified atom stereocenters. The molecule has 0 spiro atoms. The van der Waals surface area contributed by atoms with E-state index in [1.807, 2.05) is 83.1 Å². The molecule has 2 aromatic carbocycles. The molecule has 5 nitrogen and oxygen atoms in total. The fourth-order valence-electron chi connectivity index (χ4n) is 3.09. The van der Waals surface area contributed by atoms with Crippen LogP contribution in [0.15, 0.2) is 72.9 Å². The Bertz CT molecular complexity index is 1190. The molecule has 3 aromatic heterocycles. The van der Waals surface area contributed by atoms with E-state index >= 15 is 0 Å². The van der Waals surface area contributed by atoms with Gasteiger partial charge in [0.05, 0.1) is 17.1 Å². The third-order valence-corrected chi connectivity index (χ3v) is 4.34. The van der Waals surface area contributed by atoms with Gasteiger partial charge < -0.3 is 0 Å². The molecule has 0 saturated heterocycles. The maximum Gasteiger partial charge on any atom is 0.183 e. The molecule has 0 aliphatic carbocycles. The van der Waals surface area contributed by atoms with Gasteiger partial charge in [0.1, 0.15) is 0 Å². The van der Waals surface area contributed by atoms with Crippen LogP contribution in [0.25, 0.3) is 33.4 Å². The first-order valence-electron chi connectivity index (χ1n) is 8.16. The highest BCUT2D eigenvalue weighted by Crippen LogP contribution is 2.24. The number of benzene rings is 2. The molecular formula is C20H15N5. The van der Waals surface area contributed by atoms with Gasteiger partial charge in [-0.3, -0.25) is 0 Å². The summed E-state index contributed by atoms with van der Waals surface area (Å²) in [6, 6.07) is 22.2. The third kappa shape index (κ3) is 2.21. The van der Waals surface area contributed by atoms with Gasteiger partial charge in [0.15, 0.2) is 11.3 Å². The summed E-state index contributed by atoms with van der Waals surface area (Å²) in [5.74, 6) is 0. The Labute approximate surface area is 144 Å². The second kappa shape index (κ2) is 5.27. The summed E-state index contributed by atoms with van der Waals surface area (Å²) in [4.78, 5) is 4.79. The lowest BCUT2D eigenvalue weighted by Crippen LogP contribution is -1.98. The monoisotopic (exact) mass is 325 g/mol. The number of rotatable bonds is 2. The predicted octanol–water partition coefficient (Wildman–Crippen LogP) is 4.07. The van der Waals surface area contributed by atoms with Gasteiger partial charge in [0.25, 0.3) is 0 Å². The van der Waals surface area contributed by atoms with Gasteiger partial charge in [-0.15, -0.1) is 5.10 Å². The second-order valence-corrected chi connectivity index (χ2v) is 6.01. The van der Waals surface area contributed by atoms with Gasteiger partial charge >= 0.3 is 0 Å². The quantitative estimate of drug-likeness (QED) is 0.491. The number of pyridine rings is 1. The van der Waals surface area contributed by atoms with E-state index in [-0.39, 0.29) is 0 Å². The minimum atomic E-state index is 0.716. The highest BCUT2D eigenvalue weighted by atomic mass is 15.3.